The molecule has 0 aliphatic carbocycles. The molecule has 0 amide bonds. The minimum absolute atomic E-state index is 0.102. The van der Waals surface area contributed by atoms with Crippen LogP contribution in [0.1, 0.15) is 0 Å². The van der Waals surface area contributed by atoms with Crippen LogP contribution in [0.3, 0.4) is 0 Å². The van der Waals surface area contributed by atoms with Crippen molar-refractivity contribution < 1.29 is 30.5 Å². The van der Waals surface area contributed by atoms with Crippen molar-refractivity contribution in [2.45, 2.75) is 0 Å². The topological polar surface area (TPSA) is 121 Å². The predicted octanol–water partition coefficient (Wildman–Crippen LogP) is 14.9. The molecule has 0 bridgehead atoms. The van der Waals surface area contributed by atoms with Crippen LogP contribution in [0, 0.1) is 0 Å². The molecule has 0 fully saturated rings. The summed E-state index contributed by atoms with van der Waals surface area (Å²) in [7, 11) is -1.42. The van der Waals surface area contributed by atoms with Crippen LogP contribution >= 0.6 is 31.9 Å². The second-order valence-electron chi connectivity index (χ2n) is 16.4. The van der Waals surface area contributed by atoms with E-state index >= 15 is 0 Å². The van der Waals surface area contributed by atoms with Crippen LogP contribution in [0.15, 0.2) is 233 Å². The summed E-state index contributed by atoms with van der Waals surface area (Å²) >= 11 is 6.10. The Balaban J connectivity index is 0.000000168. The third-order valence-corrected chi connectivity index (χ3v) is 13.3. The molecule has 336 valence electrons. The fraction of sp³-hybridized carbons (Fsp3) is 0. The number of halogens is 2. The predicted molar refractivity (Wildman–Crippen MR) is 291 cm³/mol. The second kappa shape index (κ2) is 20.7. The number of benzene rings is 11. The van der Waals surface area contributed by atoms with Crippen LogP contribution in [0.25, 0.3) is 88.0 Å². The molecule has 0 atom stereocenters. The maximum Gasteiger partial charge on any atom is 0.488 e. The summed E-state index contributed by atoms with van der Waals surface area (Å²) in [5.74, 6) is 0.460. The van der Waals surface area contributed by atoms with Gasteiger partial charge in [0.15, 0.2) is 0 Å². The fourth-order valence-corrected chi connectivity index (χ4v) is 9.15. The molecule has 11 aromatic rings. The highest BCUT2D eigenvalue weighted by atomic mass is 79.9. The van der Waals surface area contributed by atoms with Gasteiger partial charge in [-0.1, -0.05) is 200 Å². The van der Waals surface area contributed by atoms with Gasteiger partial charge < -0.3 is 30.5 Å². The summed E-state index contributed by atoms with van der Waals surface area (Å²) in [6, 6.07) is 73.4. The molecule has 9 heteroatoms. The molecule has 6 N–H and O–H groups in total. The van der Waals surface area contributed by atoms with Gasteiger partial charge in [-0.3, -0.25) is 0 Å². The molecule has 0 aromatic heterocycles. The molecular weight excluding hydrogens is 987 g/mol. The molecular formula is C60H43BBr2O6. The lowest BCUT2D eigenvalue weighted by molar-refractivity contribution is 0.425. The van der Waals surface area contributed by atoms with Crippen LogP contribution < -0.4 is 5.46 Å². The van der Waals surface area contributed by atoms with Crippen molar-refractivity contribution in [3.63, 3.8) is 0 Å². The monoisotopic (exact) mass is 1030 g/mol. The highest BCUT2D eigenvalue weighted by molar-refractivity contribution is 9.11. The van der Waals surface area contributed by atoms with Gasteiger partial charge in [-0.25, -0.2) is 0 Å². The molecule has 11 rings (SSSR count). The first-order valence-corrected chi connectivity index (χ1v) is 23.7. The average molecular weight is 1030 g/mol. The minimum Gasteiger partial charge on any atom is -0.507 e. The smallest absolute Gasteiger partial charge is 0.488 e. The van der Waals surface area contributed by atoms with Gasteiger partial charge in [0.2, 0.25) is 0 Å². The van der Waals surface area contributed by atoms with Gasteiger partial charge in [-0.2, -0.15) is 0 Å². The van der Waals surface area contributed by atoms with Crippen molar-refractivity contribution in [3.05, 3.63) is 233 Å². The lowest BCUT2D eigenvalue weighted by atomic mass is 9.79. The number of fused-ring (bicyclic) bond motifs is 3. The zero-order chi connectivity index (χ0) is 48.0. The molecule has 0 saturated carbocycles. The zero-order valence-corrected chi connectivity index (χ0v) is 40.1. The lowest BCUT2D eigenvalue weighted by Crippen LogP contribution is -2.29. The van der Waals surface area contributed by atoms with Crippen LogP contribution in [0.2, 0.25) is 0 Å². The molecule has 0 radical (unpaired) electrons. The highest BCUT2D eigenvalue weighted by Crippen LogP contribution is 2.42. The zero-order valence-electron chi connectivity index (χ0n) is 36.9. The fourth-order valence-electron chi connectivity index (χ4n) is 8.49. The van der Waals surface area contributed by atoms with Crippen molar-refractivity contribution in [3.8, 4) is 78.6 Å². The second-order valence-corrected chi connectivity index (χ2v) is 18.1. The molecule has 69 heavy (non-hydrogen) atoms. The number of phenolic OH excluding ortho intramolecular Hbond substituents is 4. The summed E-state index contributed by atoms with van der Waals surface area (Å²) < 4.78 is 0.960. The Kier molecular flexibility index (Phi) is 13.9. The van der Waals surface area contributed by atoms with E-state index in [1.54, 1.807) is 24.3 Å². The van der Waals surface area contributed by atoms with Crippen molar-refractivity contribution in [1.29, 1.82) is 0 Å². The Morgan fingerprint density at radius 2 is 0.551 bits per heavy atom. The first-order valence-electron chi connectivity index (χ1n) is 22.1. The van der Waals surface area contributed by atoms with Crippen LogP contribution in [-0.4, -0.2) is 37.6 Å². The van der Waals surface area contributed by atoms with Gasteiger partial charge in [-0.05, 0) is 138 Å². The largest absolute Gasteiger partial charge is 0.507 e. The maximum absolute atomic E-state index is 11.0. The molecule has 0 aliphatic heterocycles. The first-order chi connectivity index (χ1) is 33.5. The summed E-state index contributed by atoms with van der Waals surface area (Å²) in [5.41, 5.74) is 10.1. The van der Waals surface area contributed by atoms with E-state index in [0.29, 0.717) is 25.5 Å². The molecule has 6 nitrogen and oxygen atoms in total. The Morgan fingerprint density at radius 1 is 0.275 bits per heavy atom. The van der Waals surface area contributed by atoms with E-state index in [4.69, 9.17) is 20.3 Å². The molecule has 0 heterocycles. The van der Waals surface area contributed by atoms with Crippen molar-refractivity contribution in [2.24, 2.45) is 0 Å². The summed E-state index contributed by atoms with van der Waals surface area (Å²) in [6.07, 6.45) is 0. The summed E-state index contributed by atoms with van der Waals surface area (Å²) in [4.78, 5) is 0. The van der Waals surface area contributed by atoms with E-state index in [0.717, 1.165) is 33.4 Å². The normalized spacial score (nSPS) is 10.8. The van der Waals surface area contributed by atoms with Gasteiger partial charge in [0.25, 0.3) is 0 Å². The summed E-state index contributed by atoms with van der Waals surface area (Å²) in [6.45, 7) is 0. The SMILES string of the molecule is OB(O)c1ccc(-c2cccc3ccccc23)cc1.Oc1cc(-c2ccc(-c3cccc4ccccc34)cc2)c(O)cc1-c1ccc(-c2cccc3ccccc23)cc1.Oc1cc(Br)c(O)cc1Br. The van der Waals surface area contributed by atoms with E-state index < -0.39 is 7.12 Å². The van der Waals surface area contributed by atoms with Gasteiger partial charge in [-0.15, -0.1) is 0 Å². The number of phenols is 4. The quantitative estimate of drug-likeness (QED) is 0.0729. The van der Waals surface area contributed by atoms with Crippen LogP contribution in [0.5, 0.6) is 23.0 Å². The molecule has 0 aliphatic rings. The standard InChI is InChI=1S/C38H26O2.C16H13BO2.C6H4Br2O2/c39-37-24-36(30-21-17-28(18-22-30)34-14-6-10-26-8-2-4-12-32(26)34)38(40)23-35(37)29-19-15-27(16-20-29)33-13-5-9-25-7-1-3-11-31(25)33;18-17(19)14-10-8-13(9-11-14)16-7-3-5-12-4-1-2-6-15(12)16;7-3-1-5(9)4(8)2-6(3)10/h1-24,39-40H;1-11,18-19H;1-2,9-10H. The van der Waals surface area contributed by atoms with Crippen molar-refractivity contribution in [2.75, 3.05) is 0 Å². The third kappa shape index (κ3) is 10.3. The molecule has 0 saturated heterocycles. The molecule has 0 spiro atoms. The van der Waals surface area contributed by atoms with Gasteiger partial charge >= 0.3 is 7.12 Å². The third-order valence-electron chi connectivity index (χ3n) is 12.0. The van der Waals surface area contributed by atoms with Gasteiger partial charge in [0, 0.05) is 11.1 Å². The number of hydrogen-bond donors (Lipinski definition) is 6. The minimum atomic E-state index is -1.42. The number of rotatable bonds is 6. The van der Waals surface area contributed by atoms with E-state index in [9.17, 15) is 10.2 Å². The molecule has 0 unspecified atom stereocenters. The van der Waals surface area contributed by atoms with E-state index in [2.05, 4.69) is 153 Å². The van der Waals surface area contributed by atoms with E-state index in [1.807, 2.05) is 66.7 Å². The van der Waals surface area contributed by atoms with Gasteiger partial charge in [0.05, 0.1) is 8.95 Å². The maximum atomic E-state index is 11.0. The van der Waals surface area contributed by atoms with E-state index in [-0.39, 0.29) is 23.0 Å². The Bertz CT molecular complexity index is 3380. The van der Waals surface area contributed by atoms with Crippen molar-refractivity contribution in [1.82, 2.24) is 0 Å². The number of aromatic hydroxyl groups is 4. The van der Waals surface area contributed by atoms with Crippen molar-refractivity contribution >= 4 is 76.8 Å². The lowest BCUT2D eigenvalue weighted by Gasteiger charge is -2.13. The average Bonchev–Trinajstić information content (AvgIpc) is 3.39. The molecule has 11 aromatic carbocycles. The van der Waals surface area contributed by atoms with E-state index in [1.165, 1.54) is 55.6 Å². The first kappa shape index (κ1) is 46.5. The van der Waals surface area contributed by atoms with Crippen LogP contribution in [-0.2, 0) is 0 Å². The Morgan fingerprint density at radius 3 is 0.870 bits per heavy atom. The summed E-state index contributed by atoms with van der Waals surface area (Å²) in [5, 5.41) is 65.5. The Hall–Kier alpha value is -7.66. The highest BCUT2D eigenvalue weighted by Gasteiger charge is 2.15. The Labute approximate surface area is 416 Å². The van der Waals surface area contributed by atoms with Gasteiger partial charge in [0.1, 0.15) is 23.0 Å². The number of hydrogen-bond acceptors (Lipinski definition) is 6. The van der Waals surface area contributed by atoms with Crippen LogP contribution in [0.4, 0.5) is 0 Å².